The minimum absolute atomic E-state index is 0.0312. The number of aromatic amines is 1. The van der Waals surface area contributed by atoms with Gasteiger partial charge < -0.3 is 20.1 Å². The minimum atomic E-state index is -0.968. The monoisotopic (exact) mass is 634 g/mol. The van der Waals surface area contributed by atoms with E-state index in [1.165, 1.54) is 7.11 Å². The van der Waals surface area contributed by atoms with Gasteiger partial charge in [-0.15, -0.1) is 0 Å². The molecule has 216 valence electrons. The fraction of sp³-hybridized carbons (Fsp3) is 0.290. The number of ether oxygens (including phenoxy) is 1. The number of nitrogens with one attached hydrogen (secondary N) is 2. The maximum Gasteiger partial charge on any atom is 0.305 e. The number of hydrogen-bond donors (Lipinski definition) is 3. The molecule has 4 aromatic rings. The number of benzene rings is 3. The molecule has 0 saturated carbocycles. The molecule has 2 unspecified atom stereocenters. The number of H-pyrrole nitrogens is 1. The number of carboxylic acids is 1. The zero-order valence-corrected chi connectivity index (χ0v) is 25.6. The van der Waals surface area contributed by atoms with Crippen LogP contribution in [0.5, 0.6) is 5.75 Å². The molecule has 4 rings (SSSR count). The molecule has 1 aromatic heterocycles. The van der Waals surface area contributed by atoms with Crippen LogP contribution in [0, 0.1) is 0 Å². The lowest BCUT2D eigenvalue weighted by Crippen LogP contribution is -2.26. The van der Waals surface area contributed by atoms with Gasteiger partial charge in [0.05, 0.1) is 34.1 Å². The van der Waals surface area contributed by atoms with E-state index in [9.17, 15) is 9.59 Å². The van der Waals surface area contributed by atoms with E-state index < -0.39 is 5.97 Å². The van der Waals surface area contributed by atoms with Crippen molar-refractivity contribution in [1.29, 1.82) is 0 Å². The molecule has 0 radical (unpaired) electrons. The highest BCUT2D eigenvalue weighted by molar-refractivity contribution is 6.38. The van der Waals surface area contributed by atoms with Gasteiger partial charge in [-0.05, 0) is 65.4 Å². The Morgan fingerprint density at radius 3 is 2.27 bits per heavy atom. The van der Waals surface area contributed by atoms with Crippen LogP contribution in [0.3, 0.4) is 0 Å². The number of methoxy groups -OCH3 is 1. The number of amides is 1. The first-order chi connectivity index (χ1) is 19.6. The molecule has 1 heterocycles. The number of carbonyl (C=O) groups is 2. The number of aliphatic carboxylic acids is 1. The summed E-state index contributed by atoms with van der Waals surface area (Å²) in [5, 5.41) is 14.2. The van der Waals surface area contributed by atoms with Gasteiger partial charge in [0.2, 0.25) is 0 Å². The highest BCUT2D eigenvalue weighted by atomic mass is 35.5. The highest BCUT2D eigenvalue weighted by Gasteiger charge is 2.30. The van der Waals surface area contributed by atoms with Crippen molar-refractivity contribution in [3.8, 4) is 5.75 Å². The topological polar surface area (TPSA) is 91.4 Å². The standard InChI is InChI=1S/C31H30Cl4N2O4/c1-3-4-5-21(17-6-8-18(9-7-17)31(40)36-11-10-27(38)39)28(19-12-25(34)30(41-2)26(35)13-19)23-16-37-29-22(23)14-20(32)15-24(29)33/h6-9,12-16,21,28,37H,3-5,10-11H2,1-2H3,(H,36,40)(H,38,39). The van der Waals surface area contributed by atoms with E-state index in [1.54, 1.807) is 18.2 Å². The Kier molecular flexibility index (Phi) is 10.5. The third-order valence-electron chi connectivity index (χ3n) is 7.15. The number of unbranched alkanes of at least 4 members (excludes halogenated alkanes) is 1. The Morgan fingerprint density at radius 1 is 0.976 bits per heavy atom. The first-order valence-electron chi connectivity index (χ1n) is 13.2. The van der Waals surface area contributed by atoms with Gasteiger partial charge in [0.15, 0.2) is 5.75 Å². The van der Waals surface area contributed by atoms with Gasteiger partial charge >= 0.3 is 5.97 Å². The van der Waals surface area contributed by atoms with Gasteiger partial charge in [0.25, 0.3) is 5.91 Å². The third-order valence-corrected chi connectivity index (χ3v) is 8.23. The normalized spacial score (nSPS) is 12.7. The second-order valence-electron chi connectivity index (χ2n) is 9.82. The molecule has 0 aliphatic heterocycles. The van der Waals surface area contributed by atoms with Gasteiger partial charge in [-0.1, -0.05) is 78.3 Å². The van der Waals surface area contributed by atoms with Crippen LogP contribution in [-0.2, 0) is 4.79 Å². The number of hydrogen-bond acceptors (Lipinski definition) is 3. The highest BCUT2D eigenvalue weighted by Crippen LogP contribution is 2.47. The maximum absolute atomic E-state index is 12.6. The van der Waals surface area contributed by atoms with E-state index in [0.29, 0.717) is 31.4 Å². The van der Waals surface area contributed by atoms with Crippen molar-refractivity contribution < 1.29 is 19.4 Å². The molecule has 0 aliphatic carbocycles. The molecule has 3 aromatic carbocycles. The molecule has 0 spiro atoms. The van der Waals surface area contributed by atoms with Crippen LogP contribution in [0.4, 0.5) is 0 Å². The Bertz CT molecular complexity index is 1530. The van der Waals surface area contributed by atoms with Gasteiger partial charge in [-0.25, -0.2) is 0 Å². The van der Waals surface area contributed by atoms with Crippen LogP contribution in [0.25, 0.3) is 10.9 Å². The van der Waals surface area contributed by atoms with Crippen LogP contribution in [0.2, 0.25) is 20.1 Å². The Labute approximate surface area is 258 Å². The number of aromatic nitrogens is 1. The summed E-state index contributed by atoms with van der Waals surface area (Å²) in [6.07, 6.45) is 4.60. The van der Waals surface area contributed by atoms with E-state index in [2.05, 4.69) is 17.2 Å². The summed E-state index contributed by atoms with van der Waals surface area (Å²) in [4.78, 5) is 26.7. The molecule has 0 bridgehead atoms. The molecular weight excluding hydrogens is 606 g/mol. The van der Waals surface area contributed by atoms with E-state index in [0.717, 1.165) is 46.9 Å². The summed E-state index contributed by atoms with van der Waals surface area (Å²) in [5.41, 5.74) is 4.14. The van der Waals surface area contributed by atoms with Crippen molar-refractivity contribution in [2.24, 2.45) is 0 Å². The average Bonchev–Trinajstić information content (AvgIpc) is 3.34. The van der Waals surface area contributed by atoms with Crippen LogP contribution in [0.1, 0.15) is 71.5 Å². The van der Waals surface area contributed by atoms with Crippen molar-refractivity contribution >= 4 is 69.2 Å². The summed E-state index contributed by atoms with van der Waals surface area (Å²) >= 11 is 26.3. The molecule has 0 aliphatic rings. The SMILES string of the molecule is CCCCC(c1ccc(C(=O)NCCC(=O)O)cc1)C(c1cc(Cl)c(OC)c(Cl)c1)c1c[nH]c2c(Cl)cc(Cl)cc12. The van der Waals surface area contributed by atoms with Gasteiger partial charge in [0.1, 0.15) is 0 Å². The van der Waals surface area contributed by atoms with Crippen LogP contribution in [0.15, 0.2) is 54.7 Å². The molecule has 41 heavy (non-hydrogen) atoms. The number of carboxylic acid groups (broad SMARTS) is 1. The fourth-order valence-corrected chi connectivity index (χ4v) is 6.44. The van der Waals surface area contributed by atoms with E-state index >= 15 is 0 Å². The molecule has 6 nitrogen and oxygen atoms in total. The lowest BCUT2D eigenvalue weighted by Gasteiger charge is -2.29. The minimum Gasteiger partial charge on any atom is -0.494 e. The Balaban J connectivity index is 1.84. The summed E-state index contributed by atoms with van der Waals surface area (Å²) in [6.45, 7) is 2.20. The fourth-order valence-electron chi connectivity index (χ4n) is 5.23. The second-order valence-corrected chi connectivity index (χ2v) is 11.5. The Hall–Kier alpha value is -2.90. The van der Waals surface area contributed by atoms with E-state index in [1.807, 2.05) is 36.5 Å². The summed E-state index contributed by atoms with van der Waals surface area (Å²) < 4.78 is 5.41. The van der Waals surface area contributed by atoms with E-state index in [-0.39, 0.29) is 30.7 Å². The van der Waals surface area contributed by atoms with Gasteiger partial charge in [-0.3, -0.25) is 9.59 Å². The predicted molar refractivity (Wildman–Crippen MR) is 166 cm³/mol. The van der Waals surface area contributed by atoms with E-state index in [4.69, 9.17) is 56.2 Å². The molecule has 2 atom stereocenters. The summed E-state index contributed by atoms with van der Waals surface area (Å²) in [5.74, 6) is -1.13. The largest absolute Gasteiger partial charge is 0.494 e. The van der Waals surface area contributed by atoms with Crippen LogP contribution < -0.4 is 10.1 Å². The molecule has 10 heteroatoms. The summed E-state index contributed by atoms with van der Waals surface area (Å²) in [6, 6.07) is 14.8. The first-order valence-corrected chi connectivity index (χ1v) is 14.7. The maximum atomic E-state index is 12.6. The van der Waals surface area contributed by atoms with Crippen molar-refractivity contribution in [1.82, 2.24) is 10.3 Å². The number of halogens is 4. The zero-order chi connectivity index (χ0) is 29.7. The van der Waals surface area contributed by atoms with Crippen molar-refractivity contribution in [2.75, 3.05) is 13.7 Å². The van der Waals surface area contributed by atoms with Crippen molar-refractivity contribution in [3.63, 3.8) is 0 Å². The molecule has 1 amide bonds. The lowest BCUT2D eigenvalue weighted by molar-refractivity contribution is -0.136. The average molecular weight is 636 g/mol. The third kappa shape index (κ3) is 7.12. The number of carbonyl (C=O) groups excluding carboxylic acids is 1. The second kappa shape index (κ2) is 13.8. The van der Waals surface area contributed by atoms with Gasteiger partial charge in [-0.2, -0.15) is 0 Å². The Morgan fingerprint density at radius 2 is 1.66 bits per heavy atom. The number of fused-ring (bicyclic) bond motifs is 1. The predicted octanol–water partition coefficient (Wildman–Crippen LogP) is 9.10. The molecular formula is C31H30Cl4N2O4. The molecule has 3 N–H and O–H groups in total. The smallest absolute Gasteiger partial charge is 0.305 e. The number of rotatable bonds is 12. The van der Waals surface area contributed by atoms with Crippen molar-refractivity contribution in [3.05, 3.63) is 97.1 Å². The van der Waals surface area contributed by atoms with Gasteiger partial charge in [0, 0.05) is 34.6 Å². The summed E-state index contributed by atoms with van der Waals surface area (Å²) in [7, 11) is 1.53. The molecule has 0 saturated heterocycles. The molecule has 0 fully saturated rings. The zero-order valence-electron chi connectivity index (χ0n) is 22.6. The van der Waals surface area contributed by atoms with Crippen molar-refractivity contribution in [2.45, 2.75) is 44.4 Å². The van der Waals surface area contributed by atoms with Crippen LogP contribution in [-0.4, -0.2) is 35.6 Å². The van der Waals surface area contributed by atoms with Crippen LogP contribution >= 0.6 is 46.4 Å². The first kappa shape index (κ1) is 31.0. The lowest BCUT2D eigenvalue weighted by atomic mass is 9.74. The quantitative estimate of drug-likeness (QED) is 0.145.